The van der Waals surface area contributed by atoms with Crippen molar-refractivity contribution in [2.24, 2.45) is 0 Å². The number of rotatable bonds is 4. The molecule has 6 rings (SSSR count). The smallest absolute Gasteiger partial charge is 0.395 e. The van der Waals surface area contributed by atoms with Crippen LogP contribution in [0.1, 0.15) is 24.1 Å². The van der Waals surface area contributed by atoms with Gasteiger partial charge in [0.05, 0.1) is 5.69 Å². The third-order valence-electron chi connectivity index (χ3n) is 5.87. The van der Waals surface area contributed by atoms with E-state index >= 15 is 0 Å². The number of H-pyrrole nitrogens is 1. The SMILES string of the molecule is FC1(F)Oc2ccc(-c3[nH]nc4ncc(-c5ccc(CN6CCCCC6)s5)cc34)cc2O1. The summed E-state index contributed by atoms with van der Waals surface area (Å²) in [6, 6.07) is 11.1. The lowest BCUT2D eigenvalue weighted by molar-refractivity contribution is -0.286. The van der Waals surface area contributed by atoms with Crippen LogP contribution in [-0.2, 0) is 6.54 Å². The molecule has 1 fully saturated rings. The number of aromatic amines is 1. The van der Waals surface area contributed by atoms with Gasteiger partial charge >= 0.3 is 6.29 Å². The van der Waals surface area contributed by atoms with E-state index in [9.17, 15) is 8.78 Å². The quantitative estimate of drug-likeness (QED) is 0.431. The van der Waals surface area contributed by atoms with Crippen molar-refractivity contribution in [3.63, 3.8) is 0 Å². The predicted octanol–water partition coefficient (Wildman–Crippen LogP) is 5.66. The number of nitrogens with zero attached hydrogens (tertiary/aromatic N) is 3. The summed E-state index contributed by atoms with van der Waals surface area (Å²) >= 11 is 1.78. The Labute approximate surface area is 186 Å². The monoisotopic (exact) mass is 454 g/mol. The van der Waals surface area contributed by atoms with Gasteiger partial charge in [-0.3, -0.25) is 10.00 Å². The highest BCUT2D eigenvalue weighted by molar-refractivity contribution is 7.15. The van der Waals surface area contributed by atoms with E-state index < -0.39 is 6.29 Å². The fourth-order valence-corrected chi connectivity index (χ4v) is 5.35. The topological polar surface area (TPSA) is 63.3 Å². The molecule has 0 aliphatic carbocycles. The van der Waals surface area contributed by atoms with Gasteiger partial charge in [-0.25, -0.2) is 4.98 Å². The van der Waals surface area contributed by atoms with Crippen molar-refractivity contribution in [1.82, 2.24) is 20.1 Å². The summed E-state index contributed by atoms with van der Waals surface area (Å²) in [6.45, 7) is 3.32. The normalized spacial score (nSPS) is 17.8. The fourth-order valence-electron chi connectivity index (χ4n) is 4.31. The lowest BCUT2D eigenvalue weighted by atomic mass is 10.1. The number of ether oxygens (including phenoxy) is 2. The van der Waals surface area contributed by atoms with Gasteiger partial charge in [-0.1, -0.05) is 6.42 Å². The van der Waals surface area contributed by atoms with Gasteiger partial charge in [0.2, 0.25) is 0 Å². The van der Waals surface area contributed by atoms with E-state index in [1.807, 2.05) is 12.3 Å². The van der Waals surface area contributed by atoms with Crippen LogP contribution in [0.3, 0.4) is 0 Å². The van der Waals surface area contributed by atoms with Gasteiger partial charge < -0.3 is 9.47 Å². The van der Waals surface area contributed by atoms with Crippen LogP contribution in [0.25, 0.3) is 32.7 Å². The first kappa shape index (κ1) is 19.6. The number of halogens is 2. The minimum atomic E-state index is -3.64. The lowest BCUT2D eigenvalue weighted by Gasteiger charge is -2.25. The first-order valence-electron chi connectivity index (χ1n) is 10.6. The van der Waals surface area contributed by atoms with Crippen molar-refractivity contribution in [2.45, 2.75) is 32.1 Å². The van der Waals surface area contributed by atoms with Crippen LogP contribution in [0, 0.1) is 0 Å². The molecule has 1 N–H and O–H groups in total. The number of benzene rings is 1. The first-order valence-corrected chi connectivity index (χ1v) is 11.4. The Hall–Kier alpha value is -3.04. The summed E-state index contributed by atoms with van der Waals surface area (Å²) in [6.07, 6.45) is 2.07. The van der Waals surface area contributed by atoms with Crippen molar-refractivity contribution < 1.29 is 18.3 Å². The zero-order chi connectivity index (χ0) is 21.7. The highest BCUT2D eigenvalue weighted by Gasteiger charge is 2.43. The van der Waals surface area contributed by atoms with Crippen molar-refractivity contribution in [3.05, 3.63) is 47.5 Å². The molecule has 0 amide bonds. The second-order valence-electron chi connectivity index (χ2n) is 8.13. The standard InChI is InChI=1S/C23H20F2N4O2S/c24-23(25)30-18-6-4-14(11-19(18)31-23)21-17-10-15(12-26-22(17)28-27-21)20-7-5-16(32-20)13-29-8-2-1-3-9-29/h4-7,10-12H,1-3,8-9,13H2,(H,26,27,28). The van der Waals surface area contributed by atoms with Gasteiger partial charge in [0.15, 0.2) is 17.1 Å². The molecule has 0 bridgehead atoms. The van der Waals surface area contributed by atoms with Crippen molar-refractivity contribution in [1.29, 1.82) is 0 Å². The number of nitrogens with one attached hydrogen (secondary N) is 1. The highest BCUT2D eigenvalue weighted by Crippen LogP contribution is 2.43. The minimum absolute atomic E-state index is 0.0000231. The molecule has 4 aromatic rings. The molecule has 0 spiro atoms. The maximum atomic E-state index is 13.4. The van der Waals surface area contributed by atoms with E-state index in [0.29, 0.717) is 16.9 Å². The summed E-state index contributed by atoms with van der Waals surface area (Å²) < 4.78 is 35.8. The second-order valence-corrected chi connectivity index (χ2v) is 9.29. The third-order valence-corrected chi connectivity index (χ3v) is 6.99. The largest absolute Gasteiger partial charge is 0.586 e. The maximum absolute atomic E-state index is 13.4. The Morgan fingerprint density at radius 1 is 1.00 bits per heavy atom. The summed E-state index contributed by atoms with van der Waals surface area (Å²) in [4.78, 5) is 9.50. The molecule has 0 saturated carbocycles. The van der Waals surface area contributed by atoms with E-state index in [-0.39, 0.29) is 11.5 Å². The number of thiophene rings is 1. The average molecular weight is 455 g/mol. The van der Waals surface area contributed by atoms with Gasteiger partial charge in [-0.05, 0) is 62.3 Å². The Kier molecular flexibility index (Phi) is 4.62. The fraction of sp³-hybridized carbons (Fsp3) is 0.304. The summed E-state index contributed by atoms with van der Waals surface area (Å²) in [5, 5.41) is 8.07. The molecule has 32 heavy (non-hydrogen) atoms. The maximum Gasteiger partial charge on any atom is 0.586 e. The van der Waals surface area contributed by atoms with Gasteiger partial charge in [0.25, 0.3) is 0 Å². The van der Waals surface area contributed by atoms with E-state index in [1.165, 1.54) is 49.4 Å². The number of pyridine rings is 1. The van der Waals surface area contributed by atoms with Crippen LogP contribution in [0.4, 0.5) is 8.78 Å². The molecule has 1 saturated heterocycles. The highest BCUT2D eigenvalue weighted by atomic mass is 32.1. The second kappa shape index (κ2) is 7.53. The van der Waals surface area contributed by atoms with E-state index in [4.69, 9.17) is 0 Å². The lowest BCUT2D eigenvalue weighted by Crippen LogP contribution is -2.28. The molecular formula is C23H20F2N4O2S. The Morgan fingerprint density at radius 2 is 1.84 bits per heavy atom. The Balaban J connectivity index is 1.31. The van der Waals surface area contributed by atoms with Crippen LogP contribution in [0.15, 0.2) is 42.6 Å². The molecule has 2 aliphatic heterocycles. The van der Waals surface area contributed by atoms with Gasteiger partial charge in [0, 0.05) is 39.0 Å². The van der Waals surface area contributed by atoms with E-state index in [1.54, 1.807) is 17.4 Å². The number of fused-ring (bicyclic) bond motifs is 2. The Bertz CT molecular complexity index is 1300. The zero-order valence-electron chi connectivity index (χ0n) is 17.1. The van der Waals surface area contributed by atoms with Crippen LogP contribution in [-0.4, -0.2) is 39.5 Å². The number of piperidine rings is 1. The van der Waals surface area contributed by atoms with E-state index in [2.05, 4.69) is 41.7 Å². The number of hydrogen-bond donors (Lipinski definition) is 1. The summed E-state index contributed by atoms with van der Waals surface area (Å²) in [5.74, 6) is 0.0150. The predicted molar refractivity (Wildman–Crippen MR) is 118 cm³/mol. The third kappa shape index (κ3) is 3.61. The van der Waals surface area contributed by atoms with Crippen LogP contribution in [0.2, 0.25) is 0 Å². The molecule has 0 unspecified atom stereocenters. The van der Waals surface area contributed by atoms with Gasteiger partial charge in [0.1, 0.15) is 0 Å². The number of hydrogen-bond acceptors (Lipinski definition) is 6. The molecule has 2 aliphatic rings. The molecule has 6 nitrogen and oxygen atoms in total. The van der Waals surface area contributed by atoms with Crippen LogP contribution in [0.5, 0.6) is 11.5 Å². The van der Waals surface area contributed by atoms with Crippen LogP contribution < -0.4 is 9.47 Å². The number of likely N-dealkylation sites (tertiary alicyclic amines) is 1. The molecule has 0 radical (unpaired) electrons. The molecular weight excluding hydrogens is 434 g/mol. The Morgan fingerprint density at radius 3 is 2.72 bits per heavy atom. The molecule has 0 atom stereocenters. The van der Waals surface area contributed by atoms with Crippen LogP contribution >= 0.6 is 11.3 Å². The van der Waals surface area contributed by atoms with E-state index in [0.717, 1.165) is 22.4 Å². The average Bonchev–Trinajstić information content (AvgIpc) is 3.49. The van der Waals surface area contributed by atoms with Crippen molar-refractivity contribution in [3.8, 4) is 33.2 Å². The number of aromatic nitrogens is 3. The van der Waals surface area contributed by atoms with Gasteiger partial charge in [-0.15, -0.1) is 20.1 Å². The minimum Gasteiger partial charge on any atom is -0.395 e. The summed E-state index contributed by atoms with van der Waals surface area (Å²) in [7, 11) is 0. The molecule has 5 heterocycles. The molecule has 9 heteroatoms. The van der Waals surface area contributed by atoms with Crippen molar-refractivity contribution >= 4 is 22.4 Å². The molecule has 1 aromatic carbocycles. The zero-order valence-corrected chi connectivity index (χ0v) is 17.9. The van der Waals surface area contributed by atoms with Gasteiger partial charge in [-0.2, -0.15) is 5.10 Å². The number of alkyl halides is 2. The first-order chi connectivity index (χ1) is 15.5. The summed E-state index contributed by atoms with van der Waals surface area (Å²) in [5.41, 5.74) is 2.93. The molecule has 164 valence electrons. The molecule has 3 aromatic heterocycles. The van der Waals surface area contributed by atoms with Crippen molar-refractivity contribution in [2.75, 3.05) is 13.1 Å².